The van der Waals surface area contributed by atoms with Gasteiger partial charge in [-0.15, -0.1) is 0 Å². The molecule has 0 fully saturated rings. The second kappa shape index (κ2) is 5.70. The summed E-state index contributed by atoms with van der Waals surface area (Å²) in [5.41, 5.74) is 3.39. The van der Waals surface area contributed by atoms with Gasteiger partial charge in [0.05, 0.1) is 37.1 Å². The van der Waals surface area contributed by atoms with E-state index < -0.39 is 0 Å². The fourth-order valence-electron chi connectivity index (χ4n) is 3.71. The van der Waals surface area contributed by atoms with Crippen molar-refractivity contribution < 1.29 is 4.74 Å². The van der Waals surface area contributed by atoms with Gasteiger partial charge in [0, 0.05) is 29.3 Å². The van der Waals surface area contributed by atoms with E-state index in [1.54, 1.807) is 19.5 Å². The molecule has 0 radical (unpaired) electrons. The third kappa shape index (κ3) is 2.25. The largest absolute Gasteiger partial charge is 0.497 e. The van der Waals surface area contributed by atoms with E-state index in [1.165, 1.54) is 4.68 Å². The molecule has 0 saturated heterocycles. The Kier molecular flexibility index (Phi) is 3.30. The minimum absolute atomic E-state index is 0.120. The quantitative estimate of drug-likeness (QED) is 0.537. The molecule has 0 amide bonds. The molecule has 0 spiro atoms. The fourth-order valence-corrected chi connectivity index (χ4v) is 3.71. The van der Waals surface area contributed by atoms with Gasteiger partial charge in [-0.2, -0.15) is 10.2 Å². The lowest BCUT2D eigenvalue weighted by Crippen LogP contribution is -2.24. The summed E-state index contributed by atoms with van der Waals surface area (Å²) in [5.74, 6) is 0.758. The van der Waals surface area contributed by atoms with E-state index >= 15 is 0 Å². The molecular formula is C20H17N5O2. The predicted octanol–water partition coefficient (Wildman–Crippen LogP) is 2.82. The van der Waals surface area contributed by atoms with E-state index in [9.17, 15) is 4.79 Å². The summed E-state index contributed by atoms with van der Waals surface area (Å²) >= 11 is 0. The van der Waals surface area contributed by atoms with E-state index in [1.807, 2.05) is 48.0 Å². The number of methoxy groups -OCH3 is 1. The van der Waals surface area contributed by atoms with E-state index in [2.05, 4.69) is 15.3 Å². The van der Waals surface area contributed by atoms with Crippen molar-refractivity contribution in [2.24, 2.45) is 7.05 Å². The summed E-state index contributed by atoms with van der Waals surface area (Å²) in [5, 5.41) is 14.3. The van der Waals surface area contributed by atoms with Crippen LogP contribution in [0.15, 0.2) is 53.6 Å². The number of nitrogens with zero attached hydrogens (tertiary/aromatic N) is 4. The highest BCUT2D eigenvalue weighted by Gasteiger charge is 2.15. The van der Waals surface area contributed by atoms with Crippen LogP contribution in [0.3, 0.4) is 0 Å². The predicted molar refractivity (Wildman–Crippen MR) is 104 cm³/mol. The molecule has 134 valence electrons. The van der Waals surface area contributed by atoms with E-state index in [0.29, 0.717) is 12.1 Å². The van der Waals surface area contributed by atoms with Crippen molar-refractivity contribution in [3.05, 3.63) is 64.7 Å². The molecule has 5 rings (SSSR count). The maximum atomic E-state index is 13.2. The Morgan fingerprint density at radius 2 is 2.00 bits per heavy atom. The Labute approximate surface area is 153 Å². The average molecular weight is 359 g/mol. The van der Waals surface area contributed by atoms with Crippen molar-refractivity contribution in [3.63, 3.8) is 0 Å². The number of hydrogen-bond acceptors (Lipinski definition) is 4. The SMILES string of the molecule is COc1ccc2c3cnn(Cc4cccc5[nH]ncc45)c(=O)c3n(C)c2c1. The Balaban J connectivity index is 1.71. The monoisotopic (exact) mass is 359 g/mol. The number of aromatic nitrogens is 5. The Morgan fingerprint density at radius 1 is 1.11 bits per heavy atom. The van der Waals surface area contributed by atoms with Gasteiger partial charge >= 0.3 is 0 Å². The molecule has 7 heteroatoms. The summed E-state index contributed by atoms with van der Waals surface area (Å²) in [6.07, 6.45) is 3.54. The second-order valence-corrected chi connectivity index (χ2v) is 6.56. The van der Waals surface area contributed by atoms with Gasteiger partial charge in [-0.1, -0.05) is 12.1 Å². The first-order chi connectivity index (χ1) is 13.2. The molecule has 0 unspecified atom stereocenters. The smallest absolute Gasteiger partial charge is 0.291 e. The zero-order chi connectivity index (χ0) is 18.5. The Hall–Kier alpha value is -3.61. The van der Waals surface area contributed by atoms with Crippen LogP contribution in [-0.4, -0.2) is 31.7 Å². The van der Waals surface area contributed by atoms with Crippen LogP contribution in [-0.2, 0) is 13.6 Å². The molecule has 1 N–H and O–H groups in total. The summed E-state index contributed by atoms with van der Waals surface area (Å²) in [6.45, 7) is 0.385. The highest BCUT2D eigenvalue weighted by atomic mass is 16.5. The minimum Gasteiger partial charge on any atom is -0.497 e. The second-order valence-electron chi connectivity index (χ2n) is 6.56. The van der Waals surface area contributed by atoms with Crippen LogP contribution in [0.4, 0.5) is 0 Å². The fraction of sp³-hybridized carbons (Fsp3) is 0.150. The number of rotatable bonds is 3. The third-order valence-electron chi connectivity index (χ3n) is 5.11. The van der Waals surface area contributed by atoms with Crippen LogP contribution in [0.2, 0.25) is 0 Å². The molecule has 0 aliphatic rings. The first kappa shape index (κ1) is 15.6. The third-order valence-corrected chi connectivity index (χ3v) is 5.11. The van der Waals surface area contributed by atoms with Gasteiger partial charge in [-0.25, -0.2) is 4.68 Å². The molecule has 0 aliphatic heterocycles. The van der Waals surface area contributed by atoms with Crippen LogP contribution in [0.5, 0.6) is 5.75 Å². The number of aryl methyl sites for hydroxylation is 1. The highest BCUT2D eigenvalue weighted by molar-refractivity contribution is 6.07. The Morgan fingerprint density at radius 3 is 2.85 bits per heavy atom. The molecular weight excluding hydrogens is 342 g/mol. The molecule has 5 aromatic rings. The molecule has 0 saturated carbocycles. The van der Waals surface area contributed by atoms with Crippen LogP contribution in [0.25, 0.3) is 32.7 Å². The first-order valence-corrected chi connectivity index (χ1v) is 8.60. The van der Waals surface area contributed by atoms with E-state index in [-0.39, 0.29) is 5.56 Å². The number of benzene rings is 2. The average Bonchev–Trinajstić information content (AvgIpc) is 3.28. The first-order valence-electron chi connectivity index (χ1n) is 8.60. The number of aromatic amines is 1. The number of nitrogens with one attached hydrogen (secondary N) is 1. The zero-order valence-corrected chi connectivity index (χ0v) is 14.9. The van der Waals surface area contributed by atoms with Crippen molar-refractivity contribution in [3.8, 4) is 5.75 Å². The lowest BCUT2D eigenvalue weighted by Gasteiger charge is -2.06. The Bertz CT molecular complexity index is 1380. The van der Waals surface area contributed by atoms with Gasteiger partial charge in [0.1, 0.15) is 11.3 Å². The maximum Gasteiger partial charge on any atom is 0.291 e. The highest BCUT2D eigenvalue weighted by Crippen LogP contribution is 2.28. The minimum atomic E-state index is -0.120. The van der Waals surface area contributed by atoms with Gasteiger partial charge in [-0.3, -0.25) is 9.89 Å². The van der Waals surface area contributed by atoms with E-state index in [4.69, 9.17) is 4.74 Å². The van der Waals surface area contributed by atoms with Crippen molar-refractivity contribution in [2.45, 2.75) is 6.54 Å². The normalized spacial score (nSPS) is 11.6. The van der Waals surface area contributed by atoms with Gasteiger partial charge in [0.2, 0.25) is 0 Å². The lowest BCUT2D eigenvalue weighted by atomic mass is 10.1. The zero-order valence-electron chi connectivity index (χ0n) is 14.9. The van der Waals surface area contributed by atoms with Crippen molar-refractivity contribution in [1.82, 2.24) is 24.5 Å². The standard InChI is InChI=1S/C20H17N5O2/c1-24-18-8-13(27-2)6-7-14(18)16-10-22-25(20(26)19(16)24)11-12-4-3-5-17-15(12)9-21-23-17/h3-10H,11H2,1-2H3,(H,21,23). The van der Waals surface area contributed by atoms with Crippen LogP contribution in [0.1, 0.15) is 5.56 Å². The van der Waals surface area contributed by atoms with Crippen LogP contribution >= 0.6 is 0 Å². The lowest BCUT2D eigenvalue weighted by molar-refractivity contribution is 0.415. The summed E-state index contributed by atoms with van der Waals surface area (Å²) in [6, 6.07) is 11.7. The number of hydrogen-bond donors (Lipinski definition) is 1. The number of ether oxygens (including phenoxy) is 1. The van der Waals surface area contributed by atoms with Crippen molar-refractivity contribution in [2.75, 3.05) is 7.11 Å². The van der Waals surface area contributed by atoms with Crippen LogP contribution < -0.4 is 10.3 Å². The number of fused-ring (bicyclic) bond motifs is 4. The molecule has 7 nitrogen and oxygen atoms in total. The van der Waals surface area contributed by atoms with Gasteiger partial charge in [0.15, 0.2) is 0 Å². The summed E-state index contributed by atoms with van der Waals surface area (Å²) < 4.78 is 8.73. The number of H-pyrrole nitrogens is 1. The maximum absolute atomic E-state index is 13.2. The molecule has 3 aromatic heterocycles. The molecule has 3 heterocycles. The van der Waals surface area contributed by atoms with Crippen molar-refractivity contribution in [1.29, 1.82) is 0 Å². The molecule has 0 aliphatic carbocycles. The molecule has 27 heavy (non-hydrogen) atoms. The van der Waals surface area contributed by atoms with Gasteiger partial charge < -0.3 is 9.30 Å². The van der Waals surface area contributed by atoms with E-state index in [0.717, 1.165) is 38.5 Å². The molecule has 2 aromatic carbocycles. The van der Waals surface area contributed by atoms with Gasteiger partial charge in [0.25, 0.3) is 5.56 Å². The molecule has 0 atom stereocenters. The molecule has 0 bridgehead atoms. The van der Waals surface area contributed by atoms with Gasteiger partial charge in [-0.05, 0) is 23.8 Å². The van der Waals surface area contributed by atoms with Crippen molar-refractivity contribution >= 4 is 32.7 Å². The topological polar surface area (TPSA) is 77.7 Å². The van der Waals surface area contributed by atoms with Crippen LogP contribution in [0, 0.1) is 0 Å². The summed E-state index contributed by atoms with van der Waals surface area (Å²) in [7, 11) is 3.53. The summed E-state index contributed by atoms with van der Waals surface area (Å²) in [4.78, 5) is 13.2.